The highest BCUT2D eigenvalue weighted by Crippen LogP contribution is 2.42. The van der Waals surface area contributed by atoms with Crippen molar-refractivity contribution >= 4 is 11.6 Å². The molecule has 3 rings (SSSR count). The quantitative estimate of drug-likeness (QED) is 0.699. The van der Waals surface area contributed by atoms with E-state index in [1.165, 1.54) is 0 Å². The molecule has 2 aromatic rings. The van der Waals surface area contributed by atoms with Crippen molar-refractivity contribution in [1.82, 2.24) is 9.97 Å². The molecule has 1 atom stereocenters. The van der Waals surface area contributed by atoms with Gasteiger partial charge in [-0.1, -0.05) is 24.6 Å². The van der Waals surface area contributed by atoms with Gasteiger partial charge in [0.25, 0.3) is 0 Å². The van der Waals surface area contributed by atoms with E-state index in [-0.39, 0.29) is 5.92 Å². The predicted octanol–water partition coefficient (Wildman–Crippen LogP) is 1.85. The third kappa shape index (κ3) is 1.37. The van der Waals surface area contributed by atoms with Gasteiger partial charge in [0, 0.05) is 22.2 Å². The lowest BCUT2D eigenvalue weighted by Gasteiger charge is -2.04. The molecule has 1 unspecified atom stereocenters. The van der Waals surface area contributed by atoms with Gasteiger partial charge in [-0.15, -0.1) is 0 Å². The van der Waals surface area contributed by atoms with Gasteiger partial charge >= 0.3 is 11.1 Å². The number of hydrogen-bond donors (Lipinski definition) is 2. The van der Waals surface area contributed by atoms with E-state index < -0.39 is 11.1 Å². The molecule has 0 fully saturated rings. The van der Waals surface area contributed by atoms with Crippen molar-refractivity contribution in [2.75, 3.05) is 0 Å². The lowest BCUT2D eigenvalue weighted by molar-refractivity contribution is 0.876. The van der Waals surface area contributed by atoms with Gasteiger partial charge in [-0.2, -0.15) is 0 Å². The largest absolute Gasteiger partial charge is 0.319 e. The summed E-state index contributed by atoms with van der Waals surface area (Å²) in [5.41, 5.74) is 2.10. The minimum Gasteiger partial charge on any atom is -0.319 e. The number of fused-ring (bicyclic) bond motifs is 3. The molecular weight excluding hydrogens is 240 g/mol. The highest BCUT2D eigenvalue weighted by Gasteiger charge is 2.27. The Kier molecular flexibility index (Phi) is 2.03. The molecule has 1 aromatic heterocycles. The van der Waals surface area contributed by atoms with Crippen LogP contribution in [0.5, 0.6) is 0 Å². The highest BCUT2D eigenvalue weighted by molar-refractivity contribution is 6.30. The molecule has 17 heavy (non-hydrogen) atoms. The zero-order chi connectivity index (χ0) is 12.2. The summed E-state index contributed by atoms with van der Waals surface area (Å²) in [5.74, 6) is 0.0572. The Hall–Kier alpha value is -1.81. The zero-order valence-corrected chi connectivity index (χ0v) is 9.76. The van der Waals surface area contributed by atoms with Gasteiger partial charge in [0.1, 0.15) is 0 Å². The van der Waals surface area contributed by atoms with Crippen molar-refractivity contribution in [3.05, 3.63) is 55.2 Å². The molecule has 0 spiro atoms. The average molecular weight is 249 g/mol. The molecule has 2 N–H and O–H groups in total. The summed E-state index contributed by atoms with van der Waals surface area (Å²) in [4.78, 5) is 27.9. The van der Waals surface area contributed by atoms with E-state index in [4.69, 9.17) is 11.6 Å². The monoisotopic (exact) mass is 248 g/mol. The molecule has 4 nitrogen and oxygen atoms in total. The van der Waals surface area contributed by atoms with Crippen LogP contribution in [0.3, 0.4) is 0 Å². The second-order valence-corrected chi connectivity index (χ2v) is 4.59. The van der Waals surface area contributed by atoms with E-state index in [1.807, 2.05) is 13.0 Å². The van der Waals surface area contributed by atoms with Crippen molar-refractivity contribution in [1.29, 1.82) is 0 Å². The fourth-order valence-electron chi connectivity index (χ4n) is 2.29. The summed E-state index contributed by atoms with van der Waals surface area (Å²) >= 11 is 5.94. The molecule has 0 saturated heterocycles. The second-order valence-electron chi connectivity index (χ2n) is 4.15. The van der Waals surface area contributed by atoms with Crippen molar-refractivity contribution in [2.45, 2.75) is 12.8 Å². The number of H-pyrrole nitrogens is 2. The molecule has 86 valence electrons. The molecule has 1 aliphatic carbocycles. The van der Waals surface area contributed by atoms with E-state index >= 15 is 0 Å². The summed E-state index contributed by atoms with van der Waals surface area (Å²) < 4.78 is 0. The third-order valence-electron chi connectivity index (χ3n) is 3.15. The fraction of sp³-hybridized carbons (Fsp3) is 0.167. The van der Waals surface area contributed by atoms with Gasteiger partial charge in [0.05, 0.1) is 5.69 Å². The number of hydrogen-bond acceptors (Lipinski definition) is 2. The van der Waals surface area contributed by atoms with Crippen LogP contribution in [0.2, 0.25) is 5.02 Å². The fourth-order valence-corrected chi connectivity index (χ4v) is 2.47. The Morgan fingerprint density at radius 1 is 1.18 bits per heavy atom. The molecule has 0 saturated carbocycles. The Balaban J connectivity index is 2.41. The molecule has 1 heterocycles. The first-order chi connectivity index (χ1) is 8.08. The first kappa shape index (κ1) is 10.4. The summed E-state index contributed by atoms with van der Waals surface area (Å²) in [5, 5.41) is 0.607. The van der Waals surface area contributed by atoms with Crippen LogP contribution in [0.1, 0.15) is 24.1 Å². The number of rotatable bonds is 0. The zero-order valence-electron chi connectivity index (χ0n) is 9.00. The Bertz CT molecular complexity index is 730. The normalized spacial score (nSPS) is 16.7. The second kappa shape index (κ2) is 3.34. The maximum absolute atomic E-state index is 11.3. The standard InChI is InChI=1S/C12H9ClN2O2/c1-5-7-3-2-6(13)4-8(7)10-9(5)14-11(16)12(17)15-10/h2-5H,1H3,(H,14,16)(H,15,17). The summed E-state index contributed by atoms with van der Waals surface area (Å²) in [6.07, 6.45) is 0. The van der Waals surface area contributed by atoms with Crippen molar-refractivity contribution in [2.24, 2.45) is 0 Å². The first-order valence-electron chi connectivity index (χ1n) is 5.24. The van der Waals surface area contributed by atoms with Crippen LogP contribution in [0.15, 0.2) is 27.8 Å². The van der Waals surface area contributed by atoms with E-state index in [0.717, 1.165) is 16.8 Å². The molecule has 0 bridgehead atoms. The van der Waals surface area contributed by atoms with Gasteiger partial charge in [0.2, 0.25) is 0 Å². The highest BCUT2D eigenvalue weighted by atomic mass is 35.5. The molecule has 1 aromatic carbocycles. The number of aromatic nitrogens is 2. The Labute approximate surface area is 101 Å². The van der Waals surface area contributed by atoms with Gasteiger partial charge in [-0.3, -0.25) is 9.59 Å². The van der Waals surface area contributed by atoms with Crippen molar-refractivity contribution in [3.8, 4) is 11.3 Å². The summed E-state index contributed by atoms with van der Waals surface area (Å²) in [6.45, 7) is 1.98. The van der Waals surface area contributed by atoms with Crippen LogP contribution in [-0.2, 0) is 0 Å². The van der Waals surface area contributed by atoms with Crippen LogP contribution < -0.4 is 11.1 Å². The van der Waals surface area contributed by atoms with Crippen LogP contribution >= 0.6 is 11.6 Å². The van der Waals surface area contributed by atoms with E-state index in [9.17, 15) is 9.59 Å². The Morgan fingerprint density at radius 2 is 1.88 bits per heavy atom. The van der Waals surface area contributed by atoms with Crippen LogP contribution in [-0.4, -0.2) is 9.97 Å². The summed E-state index contributed by atoms with van der Waals surface area (Å²) in [7, 11) is 0. The Morgan fingerprint density at radius 3 is 2.65 bits per heavy atom. The molecule has 0 aliphatic heterocycles. The lowest BCUT2D eigenvalue weighted by atomic mass is 10.0. The van der Waals surface area contributed by atoms with E-state index in [1.54, 1.807) is 12.1 Å². The van der Waals surface area contributed by atoms with Gasteiger partial charge in [-0.25, -0.2) is 0 Å². The minimum atomic E-state index is -0.635. The number of aromatic amines is 2. The molecule has 5 heteroatoms. The smallest absolute Gasteiger partial charge is 0.314 e. The van der Waals surface area contributed by atoms with E-state index in [0.29, 0.717) is 10.7 Å². The van der Waals surface area contributed by atoms with Gasteiger partial charge in [-0.05, 0) is 17.7 Å². The molecule has 0 amide bonds. The maximum atomic E-state index is 11.3. The minimum absolute atomic E-state index is 0.0572. The van der Waals surface area contributed by atoms with E-state index in [2.05, 4.69) is 9.97 Å². The predicted molar refractivity (Wildman–Crippen MR) is 65.6 cm³/mol. The van der Waals surface area contributed by atoms with Crippen LogP contribution in [0.4, 0.5) is 0 Å². The van der Waals surface area contributed by atoms with Crippen molar-refractivity contribution < 1.29 is 0 Å². The van der Waals surface area contributed by atoms with Gasteiger partial charge < -0.3 is 9.97 Å². The van der Waals surface area contributed by atoms with Crippen LogP contribution in [0.25, 0.3) is 11.3 Å². The topological polar surface area (TPSA) is 65.7 Å². The van der Waals surface area contributed by atoms with Crippen LogP contribution in [0, 0.1) is 0 Å². The number of halogens is 1. The third-order valence-corrected chi connectivity index (χ3v) is 3.38. The number of benzene rings is 1. The summed E-state index contributed by atoms with van der Waals surface area (Å²) in [6, 6.07) is 5.52. The molecule has 0 radical (unpaired) electrons. The maximum Gasteiger partial charge on any atom is 0.314 e. The first-order valence-corrected chi connectivity index (χ1v) is 5.62. The number of nitrogens with one attached hydrogen (secondary N) is 2. The average Bonchev–Trinajstić information content (AvgIpc) is 2.54. The molecule has 1 aliphatic rings. The lowest BCUT2D eigenvalue weighted by Crippen LogP contribution is -2.30. The molecular formula is C12H9ClN2O2. The van der Waals surface area contributed by atoms with Gasteiger partial charge in [0.15, 0.2) is 0 Å². The SMILES string of the molecule is CC1c2ccc(Cl)cc2-c2[nH]c(=O)c(=O)[nH]c21. The van der Waals surface area contributed by atoms with Crippen molar-refractivity contribution in [3.63, 3.8) is 0 Å².